The van der Waals surface area contributed by atoms with Crippen molar-refractivity contribution in [2.45, 2.75) is 32.4 Å². The van der Waals surface area contributed by atoms with Crippen LogP contribution in [-0.4, -0.2) is 52.0 Å². The quantitative estimate of drug-likeness (QED) is 0.901. The van der Waals surface area contributed by atoms with Crippen LogP contribution in [-0.2, 0) is 4.74 Å². The maximum atomic E-state index is 5.47. The van der Waals surface area contributed by atoms with E-state index in [1.54, 1.807) is 7.11 Å². The Bertz CT molecular complexity index is 456. The molecule has 0 amide bonds. The number of nitrogens with one attached hydrogen (secondary N) is 1. The van der Waals surface area contributed by atoms with Crippen LogP contribution < -0.4 is 15.1 Å². The zero-order chi connectivity index (χ0) is 15.5. The SMILES string of the molecule is COCC(CNC(C)(C)C)N1CCN(C)c2ccccc21. The summed E-state index contributed by atoms with van der Waals surface area (Å²) in [6, 6.07) is 8.99. The molecule has 1 aromatic carbocycles. The lowest BCUT2D eigenvalue weighted by atomic mass is 10.1. The highest BCUT2D eigenvalue weighted by Gasteiger charge is 2.27. The molecule has 1 N–H and O–H groups in total. The number of ether oxygens (including phenoxy) is 1. The molecule has 118 valence electrons. The molecule has 1 aliphatic rings. The first-order valence-corrected chi connectivity index (χ1v) is 7.73. The summed E-state index contributed by atoms with van der Waals surface area (Å²) >= 11 is 0. The van der Waals surface area contributed by atoms with E-state index in [1.807, 2.05) is 0 Å². The molecule has 0 radical (unpaired) electrons. The summed E-state index contributed by atoms with van der Waals surface area (Å²) in [6.07, 6.45) is 0. The van der Waals surface area contributed by atoms with Crippen molar-refractivity contribution in [2.24, 2.45) is 0 Å². The van der Waals surface area contributed by atoms with Crippen molar-refractivity contribution in [2.75, 3.05) is 50.2 Å². The molecule has 1 aromatic rings. The van der Waals surface area contributed by atoms with E-state index < -0.39 is 0 Å². The minimum atomic E-state index is 0.123. The minimum Gasteiger partial charge on any atom is -0.383 e. The summed E-state index contributed by atoms with van der Waals surface area (Å²) in [4.78, 5) is 4.81. The summed E-state index contributed by atoms with van der Waals surface area (Å²) in [5.74, 6) is 0. The van der Waals surface area contributed by atoms with Crippen LogP contribution in [0.2, 0.25) is 0 Å². The van der Waals surface area contributed by atoms with Crippen LogP contribution >= 0.6 is 0 Å². The lowest BCUT2D eigenvalue weighted by Gasteiger charge is -2.42. The molecule has 1 unspecified atom stereocenters. The first-order valence-electron chi connectivity index (χ1n) is 7.73. The van der Waals surface area contributed by atoms with Crippen LogP contribution in [0.3, 0.4) is 0 Å². The van der Waals surface area contributed by atoms with E-state index in [1.165, 1.54) is 11.4 Å². The Kier molecular flexibility index (Phi) is 5.12. The molecule has 1 atom stereocenters. The highest BCUT2D eigenvalue weighted by Crippen LogP contribution is 2.33. The third-order valence-electron chi connectivity index (χ3n) is 3.95. The maximum Gasteiger partial charge on any atom is 0.0678 e. The molecular weight excluding hydrogens is 262 g/mol. The molecule has 0 aliphatic carbocycles. The highest BCUT2D eigenvalue weighted by atomic mass is 16.5. The zero-order valence-electron chi connectivity index (χ0n) is 14.0. The Morgan fingerprint density at radius 1 is 1.19 bits per heavy atom. The van der Waals surface area contributed by atoms with Crippen molar-refractivity contribution in [3.05, 3.63) is 24.3 Å². The topological polar surface area (TPSA) is 27.7 Å². The predicted octanol–water partition coefficient (Wildman–Crippen LogP) is 2.35. The number of benzene rings is 1. The normalized spacial score (nSPS) is 16.8. The average Bonchev–Trinajstić information content (AvgIpc) is 2.44. The van der Waals surface area contributed by atoms with Gasteiger partial charge in [0.1, 0.15) is 0 Å². The van der Waals surface area contributed by atoms with Crippen molar-refractivity contribution < 1.29 is 4.74 Å². The van der Waals surface area contributed by atoms with Crippen LogP contribution in [0.1, 0.15) is 20.8 Å². The second kappa shape index (κ2) is 6.67. The molecule has 1 heterocycles. The van der Waals surface area contributed by atoms with Gasteiger partial charge >= 0.3 is 0 Å². The largest absolute Gasteiger partial charge is 0.383 e. The number of fused-ring (bicyclic) bond motifs is 1. The summed E-state index contributed by atoms with van der Waals surface area (Å²) in [6.45, 7) is 10.4. The molecule has 2 rings (SSSR count). The Morgan fingerprint density at radius 2 is 1.86 bits per heavy atom. The molecule has 1 aliphatic heterocycles. The van der Waals surface area contributed by atoms with Gasteiger partial charge < -0.3 is 19.9 Å². The third-order valence-corrected chi connectivity index (χ3v) is 3.95. The van der Waals surface area contributed by atoms with Crippen LogP contribution in [0, 0.1) is 0 Å². The molecule has 0 aromatic heterocycles. The van der Waals surface area contributed by atoms with Crippen LogP contribution in [0.25, 0.3) is 0 Å². The van der Waals surface area contributed by atoms with Crippen LogP contribution in [0.5, 0.6) is 0 Å². The summed E-state index contributed by atoms with van der Waals surface area (Å²) < 4.78 is 5.47. The Hall–Kier alpha value is -1.26. The molecule has 0 fully saturated rings. The Morgan fingerprint density at radius 3 is 2.48 bits per heavy atom. The van der Waals surface area contributed by atoms with E-state index in [9.17, 15) is 0 Å². The van der Waals surface area contributed by atoms with Crippen molar-refractivity contribution in [1.29, 1.82) is 0 Å². The smallest absolute Gasteiger partial charge is 0.0678 e. The van der Waals surface area contributed by atoms with Gasteiger partial charge in [-0.1, -0.05) is 12.1 Å². The predicted molar refractivity (Wildman–Crippen MR) is 90.5 cm³/mol. The number of anilines is 2. The number of hydrogen-bond acceptors (Lipinski definition) is 4. The Labute approximate surface area is 129 Å². The summed E-state index contributed by atoms with van der Waals surface area (Å²) in [5, 5.41) is 3.61. The van der Waals surface area contributed by atoms with Gasteiger partial charge in [-0.3, -0.25) is 0 Å². The Balaban J connectivity index is 2.19. The second-order valence-corrected chi connectivity index (χ2v) is 6.84. The molecule has 0 saturated heterocycles. The minimum absolute atomic E-state index is 0.123. The monoisotopic (exact) mass is 291 g/mol. The number of methoxy groups -OCH3 is 1. The average molecular weight is 291 g/mol. The fraction of sp³-hybridized carbons (Fsp3) is 0.647. The van der Waals surface area contributed by atoms with E-state index in [0.29, 0.717) is 6.04 Å². The lowest BCUT2D eigenvalue weighted by molar-refractivity contribution is 0.171. The number of para-hydroxylation sites is 2. The van der Waals surface area contributed by atoms with Gasteiger partial charge in [0.25, 0.3) is 0 Å². The van der Waals surface area contributed by atoms with E-state index in [2.05, 4.69) is 67.2 Å². The van der Waals surface area contributed by atoms with E-state index in [0.717, 1.165) is 26.2 Å². The number of likely N-dealkylation sites (N-methyl/N-ethyl adjacent to an activating group) is 1. The number of rotatable bonds is 5. The molecule has 0 spiro atoms. The lowest BCUT2D eigenvalue weighted by Crippen LogP contribution is -2.53. The maximum absolute atomic E-state index is 5.47. The molecule has 4 heteroatoms. The summed E-state index contributed by atoms with van der Waals surface area (Å²) in [5.41, 5.74) is 2.74. The fourth-order valence-corrected chi connectivity index (χ4v) is 2.78. The molecule has 21 heavy (non-hydrogen) atoms. The molecular formula is C17H29N3O. The van der Waals surface area contributed by atoms with Crippen molar-refractivity contribution in [3.63, 3.8) is 0 Å². The van der Waals surface area contributed by atoms with Gasteiger partial charge in [-0.15, -0.1) is 0 Å². The van der Waals surface area contributed by atoms with Crippen molar-refractivity contribution in [1.82, 2.24) is 5.32 Å². The highest BCUT2D eigenvalue weighted by molar-refractivity contribution is 5.73. The van der Waals surface area contributed by atoms with Crippen LogP contribution in [0.15, 0.2) is 24.3 Å². The molecule has 0 saturated carbocycles. The number of hydrogen-bond donors (Lipinski definition) is 1. The van der Waals surface area contributed by atoms with Gasteiger partial charge in [0.2, 0.25) is 0 Å². The van der Waals surface area contributed by atoms with Crippen LogP contribution in [0.4, 0.5) is 11.4 Å². The second-order valence-electron chi connectivity index (χ2n) is 6.84. The first-order chi connectivity index (χ1) is 9.92. The number of nitrogens with zero attached hydrogens (tertiary/aromatic N) is 2. The van der Waals surface area contributed by atoms with Gasteiger partial charge in [0, 0.05) is 39.3 Å². The van der Waals surface area contributed by atoms with E-state index in [-0.39, 0.29) is 5.54 Å². The van der Waals surface area contributed by atoms with E-state index >= 15 is 0 Å². The van der Waals surface area contributed by atoms with Gasteiger partial charge in [-0.05, 0) is 32.9 Å². The first kappa shape index (κ1) is 16.1. The third kappa shape index (κ3) is 4.11. The standard InChI is InChI=1S/C17H29N3O/c1-17(2,3)18-12-14(13-21-5)20-11-10-19(4)15-8-6-7-9-16(15)20/h6-9,14,18H,10-13H2,1-5H3. The van der Waals surface area contributed by atoms with Crippen molar-refractivity contribution in [3.8, 4) is 0 Å². The van der Waals surface area contributed by atoms with E-state index in [4.69, 9.17) is 4.74 Å². The zero-order valence-corrected chi connectivity index (χ0v) is 14.0. The molecule has 4 nitrogen and oxygen atoms in total. The van der Waals surface area contributed by atoms with Crippen molar-refractivity contribution >= 4 is 11.4 Å². The molecule has 0 bridgehead atoms. The van der Waals surface area contributed by atoms with Gasteiger partial charge in [0.15, 0.2) is 0 Å². The van der Waals surface area contributed by atoms with Gasteiger partial charge in [-0.25, -0.2) is 0 Å². The van der Waals surface area contributed by atoms with Gasteiger partial charge in [-0.2, -0.15) is 0 Å². The summed E-state index contributed by atoms with van der Waals surface area (Å²) in [7, 11) is 3.95. The van der Waals surface area contributed by atoms with Gasteiger partial charge in [0.05, 0.1) is 24.0 Å². The fourth-order valence-electron chi connectivity index (χ4n) is 2.78.